The van der Waals surface area contributed by atoms with Gasteiger partial charge in [0.05, 0.1) is 5.75 Å². The molecule has 0 amide bonds. The molecule has 0 saturated heterocycles. The molecule has 80 valence electrons. The zero-order chi connectivity index (χ0) is 11.1. The van der Waals surface area contributed by atoms with E-state index in [0.717, 1.165) is 4.90 Å². The SMILES string of the molecule is CC(=O)CCC(=O)CSc1ccccc1. The molecule has 0 atom stereocenters. The standard InChI is InChI=1S/C12H14O2S/c1-10(13)7-8-11(14)9-15-12-5-3-2-4-6-12/h2-6H,7-9H2,1H3. The summed E-state index contributed by atoms with van der Waals surface area (Å²) in [4.78, 5) is 23.1. The van der Waals surface area contributed by atoms with Crippen molar-refractivity contribution in [3.8, 4) is 0 Å². The Morgan fingerprint density at radius 1 is 1.13 bits per heavy atom. The fourth-order valence-corrected chi connectivity index (χ4v) is 1.89. The van der Waals surface area contributed by atoms with Crippen LogP contribution in [0.4, 0.5) is 0 Å². The van der Waals surface area contributed by atoms with E-state index in [1.165, 1.54) is 18.7 Å². The second kappa shape index (κ2) is 6.40. The average molecular weight is 222 g/mol. The summed E-state index contributed by atoms with van der Waals surface area (Å²) in [5.74, 6) is 0.671. The number of rotatable bonds is 6. The van der Waals surface area contributed by atoms with Gasteiger partial charge in [-0.15, -0.1) is 11.8 Å². The molecule has 15 heavy (non-hydrogen) atoms. The fraction of sp³-hybridized carbons (Fsp3) is 0.333. The minimum Gasteiger partial charge on any atom is -0.300 e. The van der Waals surface area contributed by atoms with Crippen molar-refractivity contribution in [2.45, 2.75) is 24.7 Å². The lowest BCUT2D eigenvalue weighted by atomic mass is 10.2. The number of carbonyl (C=O) groups excluding carboxylic acids is 2. The molecule has 3 heteroatoms. The molecule has 0 aliphatic rings. The Bertz CT molecular complexity index is 333. The number of hydrogen-bond acceptors (Lipinski definition) is 3. The number of hydrogen-bond donors (Lipinski definition) is 0. The summed E-state index contributed by atoms with van der Waals surface area (Å²) in [6, 6.07) is 9.79. The molecular weight excluding hydrogens is 208 g/mol. The van der Waals surface area contributed by atoms with Gasteiger partial charge in [-0.25, -0.2) is 0 Å². The third-order valence-electron chi connectivity index (χ3n) is 1.90. The molecule has 0 aromatic heterocycles. The van der Waals surface area contributed by atoms with E-state index < -0.39 is 0 Å². The van der Waals surface area contributed by atoms with Gasteiger partial charge in [0.15, 0.2) is 0 Å². The van der Waals surface area contributed by atoms with Crippen LogP contribution in [0.15, 0.2) is 35.2 Å². The van der Waals surface area contributed by atoms with Crippen LogP contribution in [0.1, 0.15) is 19.8 Å². The van der Waals surface area contributed by atoms with E-state index >= 15 is 0 Å². The maximum atomic E-state index is 11.3. The summed E-state index contributed by atoms with van der Waals surface area (Å²) in [5, 5.41) is 0. The van der Waals surface area contributed by atoms with Gasteiger partial charge < -0.3 is 4.79 Å². The summed E-state index contributed by atoms with van der Waals surface area (Å²) in [5.41, 5.74) is 0. The van der Waals surface area contributed by atoms with E-state index in [1.54, 1.807) is 0 Å². The third kappa shape index (κ3) is 5.37. The van der Waals surface area contributed by atoms with Gasteiger partial charge in [0, 0.05) is 17.7 Å². The molecule has 0 aliphatic carbocycles. The van der Waals surface area contributed by atoms with E-state index in [4.69, 9.17) is 0 Å². The summed E-state index contributed by atoms with van der Waals surface area (Å²) >= 11 is 1.52. The van der Waals surface area contributed by atoms with Gasteiger partial charge in [0.1, 0.15) is 11.6 Å². The smallest absolute Gasteiger partial charge is 0.143 e. The van der Waals surface area contributed by atoms with Crippen molar-refractivity contribution in [1.82, 2.24) is 0 Å². The van der Waals surface area contributed by atoms with Crippen molar-refractivity contribution < 1.29 is 9.59 Å². The second-order valence-corrected chi connectivity index (χ2v) is 4.39. The lowest BCUT2D eigenvalue weighted by Gasteiger charge is -1.99. The minimum absolute atomic E-state index is 0.0769. The quantitative estimate of drug-likeness (QED) is 0.694. The molecule has 1 aromatic rings. The highest BCUT2D eigenvalue weighted by Gasteiger charge is 2.04. The molecule has 0 radical (unpaired) electrons. The van der Waals surface area contributed by atoms with Crippen LogP contribution < -0.4 is 0 Å². The molecule has 0 bridgehead atoms. The van der Waals surface area contributed by atoms with Crippen LogP contribution >= 0.6 is 11.8 Å². The van der Waals surface area contributed by atoms with Crippen LogP contribution in [0.25, 0.3) is 0 Å². The van der Waals surface area contributed by atoms with Crippen LogP contribution in [0.3, 0.4) is 0 Å². The topological polar surface area (TPSA) is 34.1 Å². The molecule has 1 aromatic carbocycles. The molecule has 0 aliphatic heterocycles. The zero-order valence-corrected chi connectivity index (χ0v) is 9.55. The van der Waals surface area contributed by atoms with E-state index in [1.807, 2.05) is 30.3 Å². The first-order chi connectivity index (χ1) is 7.18. The van der Waals surface area contributed by atoms with Crippen molar-refractivity contribution in [1.29, 1.82) is 0 Å². The molecule has 0 fully saturated rings. The third-order valence-corrected chi connectivity index (χ3v) is 2.97. The highest BCUT2D eigenvalue weighted by Crippen LogP contribution is 2.17. The number of ketones is 2. The first-order valence-electron chi connectivity index (χ1n) is 4.87. The van der Waals surface area contributed by atoms with Crippen LogP contribution in [0.2, 0.25) is 0 Å². The van der Waals surface area contributed by atoms with Crippen molar-refractivity contribution in [3.63, 3.8) is 0 Å². The summed E-state index contributed by atoms with van der Waals surface area (Å²) in [6.45, 7) is 1.51. The summed E-state index contributed by atoms with van der Waals surface area (Å²) in [6.07, 6.45) is 0.739. The van der Waals surface area contributed by atoms with Gasteiger partial charge in [-0.05, 0) is 19.1 Å². The van der Waals surface area contributed by atoms with Crippen molar-refractivity contribution in [3.05, 3.63) is 30.3 Å². The van der Waals surface area contributed by atoms with Crippen LogP contribution in [0.5, 0.6) is 0 Å². The van der Waals surface area contributed by atoms with Crippen molar-refractivity contribution in [2.24, 2.45) is 0 Å². The molecular formula is C12H14O2S. The Hall–Kier alpha value is -1.09. The number of Topliss-reactive ketones (excluding diaryl/α,β-unsaturated/α-hetero) is 2. The second-order valence-electron chi connectivity index (χ2n) is 3.34. The summed E-state index contributed by atoms with van der Waals surface area (Å²) in [7, 11) is 0. The Morgan fingerprint density at radius 3 is 2.40 bits per heavy atom. The maximum Gasteiger partial charge on any atom is 0.143 e. The molecule has 0 N–H and O–H groups in total. The largest absolute Gasteiger partial charge is 0.300 e. The van der Waals surface area contributed by atoms with E-state index in [9.17, 15) is 9.59 Å². The van der Waals surface area contributed by atoms with Crippen LogP contribution in [-0.2, 0) is 9.59 Å². The molecule has 0 unspecified atom stereocenters. The van der Waals surface area contributed by atoms with Gasteiger partial charge in [-0.2, -0.15) is 0 Å². The maximum absolute atomic E-state index is 11.3. The highest BCUT2D eigenvalue weighted by atomic mass is 32.2. The molecule has 0 saturated carbocycles. The Labute approximate surface area is 94.1 Å². The first-order valence-corrected chi connectivity index (χ1v) is 5.86. The van der Waals surface area contributed by atoms with E-state index in [-0.39, 0.29) is 11.6 Å². The molecule has 0 heterocycles. The number of benzene rings is 1. The van der Waals surface area contributed by atoms with E-state index in [0.29, 0.717) is 18.6 Å². The van der Waals surface area contributed by atoms with Gasteiger partial charge >= 0.3 is 0 Å². The molecule has 2 nitrogen and oxygen atoms in total. The molecule has 1 rings (SSSR count). The predicted octanol–water partition coefficient (Wildman–Crippen LogP) is 2.72. The van der Waals surface area contributed by atoms with Gasteiger partial charge in [-0.1, -0.05) is 18.2 Å². The normalized spacial score (nSPS) is 9.93. The Morgan fingerprint density at radius 2 is 1.80 bits per heavy atom. The van der Waals surface area contributed by atoms with Gasteiger partial charge in [-0.3, -0.25) is 4.79 Å². The lowest BCUT2D eigenvalue weighted by molar-refractivity contribution is -0.121. The van der Waals surface area contributed by atoms with E-state index in [2.05, 4.69) is 0 Å². The van der Waals surface area contributed by atoms with Crippen LogP contribution in [0, 0.1) is 0 Å². The first kappa shape index (κ1) is 12.0. The minimum atomic E-state index is 0.0769. The monoisotopic (exact) mass is 222 g/mol. The lowest BCUT2D eigenvalue weighted by Crippen LogP contribution is -2.03. The van der Waals surface area contributed by atoms with Crippen molar-refractivity contribution in [2.75, 3.05) is 5.75 Å². The van der Waals surface area contributed by atoms with Gasteiger partial charge in [0.25, 0.3) is 0 Å². The Balaban J connectivity index is 2.26. The summed E-state index contributed by atoms with van der Waals surface area (Å²) < 4.78 is 0. The predicted molar refractivity (Wildman–Crippen MR) is 62.1 cm³/mol. The average Bonchev–Trinajstić information content (AvgIpc) is 2.25. The van der Waals surface area contributed by atoms with Crippen molar-refractivity contribution >= 4 is 23.3 Å². The molecule has 0 spiro atoms. The number of thioether (sulfide) groups is 1. The Kier molecular flexibility index (Phi) is 5.12. The van der Waals surface area contributed by atoms with Gasteiger partial charge in [0.2, 0.25) is 0 Å². The van der Waals surface area contributed by atoms with Crippen LogP contribution in [-0.4, -0.2) is 17.3 Å². The highest BCUT2D eigenvalue weighted by molar-refractivity contribution is 8.00. The number of carbonyl (C=O) groups is 2. The zero-order valence-electron chi connectivity index (χ0n) is 8.73. The fourth-order valence-electron chi connectivity index (χ4n) is 1.07.